The fourth-order valence-electron chi connectivity index (χ4n) is 1.62. The maximum Gasteiger partial charge on any atom is 0.0992 e. The highest BCUT2D eigenvalue weighted by atomic mass is 32.2. The van der Waals surface area contributed by atoms with Gasteiger partial charge in [-0.2, -0.15) is 0 Å². The molecule has 0 amide bonds. The highest BCUT2D eigenvalue weighted by molar-refractivity contribution is 7.99. The average Bonchev–Trinajstić information content (AvgIpc) is 2.31. The van der Waals surface area contributed by atoms with Crippen molar-refractivity contribution >= 4 is 11.8 Å². The zero-order valence-electron chi connectivity index (χ0n) is 12.6. The van der Waals surface area contributed by atoms with Crippen LogP contribution in [0.15, 0.2) is 17.3 Å². The number of hydrogen-bond acceptors (Lipinski definition) is 4. The summed E-state index contributed by atoms with van der Waals surface area (Å²) in [5.41, 5.74) is 2.40. The summed E-state index contributed by atoms with van der Waals surface area (Å²) < 4.78 is 0. The number of hydrogen-bond donors (Lipinski definition) is 2. The first-order valence-corrected chi connectivity index (χ1v) is 7.79. The lowest BCUT2D eigenvalue weighted by Crippen LogP contribution is -2.19. The zero-order chi connectivity index (χ0) is 14.4. The predicted molar refractivity (Wildman–Crippen MR) is 82.5 cm³/mol. The SMILES string of the molecule is Cc1cc(CNCC(C)C)cnc1SC(C)C(C)O. The normalized spacial score (nSPS) is 14.7. The first kappa shape index (κ1) is 16.5. The van der Waals surface area contributed by atoms with Gasteiger partial charge in [-0.25, -0.2) is 4.98 Å². The van der Waals surface area contributed by atoms with Crippen LogP contribution in [0.2, 0.25) is 0 Å². The smallest absolute Gasteiger partial charge is 0.0992 e. The number of pyridine rings is 1. The van der Waals surface area contributed by atoms with E-state index in [9.17, 15) is 5.11 Å². The molecule has 0 fully saturated rings. The molecule has 4 heteroatoms. The molecule has 0 aliphatic carbocycles. The lowest BCUT2D eigenvalue weighted by atomic mass is 10.2. The fraction of sp³-hybridized carbons (Fsp3) is 0.667. The van der Waals surface area contributed by atoms with Crippen LogP contribution in [0.5, 0.6) is 0 Å². The molecule has 0 bridgehead atoms. The van der Waals surface area contributed by atoms with Crippen molar-refractivity contribution in [1.29, 1.82) is 0 Å². The Bertz CT molecular complexity index is 394. The molecule has 1 rings (SSSR count). The quantitative estimate of drug-likeness (QED) is 0.755. The molecule has 3 nitrogen and oxygen atoms in total. The molecule has 2 unspecified atom stereocenters. The average molecular weight is 282 g/mol. The first-order chi connectivity index (χ1) is 8.90. The van der Waals surface area contributed by atoms with Gasteiger partial charge >= 0.3 is 0 Å². The summed E-state index contributed by atoms with van der Waals surface area (Å²) in [7, 11) is 0. The van der Waals surface area contributed by atoms with Gasteiger partial charge in [-0.3, -0.25) is 0 Å². The van der Waals surface area contributed by atoms with E-state index in [4.69, 9.17) is 0 Å². The van der Waals surface area contributed by atoms with Gasteiger partial charge in [0, 0.05) is 18.0 Å². The highest BCUT2D eigenvalue weighted by Gasteiger charge is 2.13. The van der Waals surface area contributed by atoms with E-state index in [0.29, 0.717) is 5.92 Å². The van der Waals surface area contributed by atoms with Crippen molar-refractivity contribution in [2.75, 3.05) is 6.54 Å². The molecule has 2 atom stereocenters. The van der Waals surface area contributed by atoms with E-state index >= 15 is 0 Å². The van der Waals surface area contributed by atoms with Gasteiger partial charge in [-0.05, 0) is 37.4 Å². The van der Waals surface area contributed by atoms with Crippen LogP contribution in [0, 0.1) is 12.8 Å². The van der Waals surface area contributed by atoms with Crippen molar-refractivity contribution in [3.8, 4) is 0 Å². The molecule has 0 saturated heterocycles. The Kier molecular flexibility index (Phi) is 6.83. The van der Waals surface area contributed by atoms with Crippen molar-refractivity contribution in [2.24, 2.45) is 5.92 Å². The topological polar surface area (TPSA) is 45.2 Å². The van der Waals surface area contributed by atoms with E-state index < -0.39 is 0 Å². The minimum absolute atomic E-state index is 0.163. The molecule has 1 aromatic rings. The number of aliphatic hydroxyl groups excluding tert-OH is 1. The summed E-state index contributed by atoms with van der Waals surface area (Å²) in [6.45, 7) is 12.2. The second-order valence-electron chi connectivity index (χ2n) is 5.55. The molecule has 0 spiro atoms. The molecule has 1 heterocycles. The summed E-state index contributed by atoms with van der Waals surface area (Å²) in [6, 6.07) is 2.18. The standard InChI is InChI=1S/C15H26N2OS/c1-10(2)7-16-8-14-6-11(3)15(17-9-14)19-13(5)12(4)18/h6,9-10,12-13,16,18H,7-8H2,1-5H3. The molecule has 108 valence electrons. The van der Waals surface area contributed by atoms with Crippen LogP contribution >= 0.6 is 11.8 Å². The van der Waals surface area contributed by atoms with Crippen LogP contribution in [0.3, 0.4) is 0 Å². The monoisotopic (exact) mass is 282 g/mol. The van der Waals surface area contributed by atoms with Crippen LogP contribution in [-0.2, 0) is 6.54 Å². The van der Waals surface area contributed by atoms with Crippen molar-refractivity contribution in [2.45, 2.75) is 57.5 Å². The summed E-state index contributed by atoms with van der Waals surface area (Å²) in [6.07, 6.45) is 1.61. The van der Waals surface area contributed by atoms with E-state index in [-0.39, 0.29) is 11.4 Å². The van der Waals surface area contributed by atoms with E-state index in [1.54, 1.807) is 11.8 Å². The maximum atomic E-state index is 9.54. The number of aliphatic hydroxyl groups is 1. The van der Waals surface area contributed by atoms with Crippen molar-refractivity contribution in [1.82, 2.24) is 10.3 Å². The van der Waals surface area contributed by atoms with Gasteiger partial charge in [0.25, 0.3) is 0 Å². The lowest BCUT2D eigenvalue weighted by Gasteiger charge is -2.15. The molecular formula is C15H26N2OS. The van der Waals surface area contributed by atoms with Crippen molar-refractivity contribution < 1.29 is 5.11 Å². The summed E-state index contributed by atoms with van der Waals surface area (Å²) in [5, 5.41) is 14.1. The second-order valence-corrected chi connectivity index (χ2v) is 6.92. The van der Waals surface area contributed by atoms with Gasteiger partial charge in [0.2, 0.25) is 0 Å². The Morgan fingerprint density at radius 1 is 1.32 bits per heavy atom. The van der Waals surface area contributed by atoms with Crippen LogP contribution in [0.25, 0.3) is 0 Å². The Morgan fingerprint density at radius 2 is 2.00 bits per heavy atom. The third kappa shape index (κ3) is 5.93. The molecule has 0 saturated carbocycles. The number of thioether (sulfide) groups is 1. The molecule has 0 aliphatic rings. The van der Waals surface area contributed by atoms with Gasteiger partial charge in [-0.15, -0.1) is 11.8 Å². The zero-order valence-corrected chi connectivity index (χ0v) is 13.4. The van der Waals surface area contributed by atoms with Crippen molar-refractivity contribution in [3.63, 3.8) is 0 Å². The maximum absolute atomic E-state index is 9.54. The third-order valence-electron chi connectivity index (χ3n) is 2.95. The highest BCUT2D eigenvalue weighted by Crippen LogP contribution is 2.26. The van der Waals surface area contributed by atoms with Crippen LogP contribution in [0.4, 0.5) is 0 Å². The van der Waals surface area contributed by atoms with E-state index in [2.05, 4.69) is 37.1 Å². The van der Waals surface area contributed by atoms with Crippen molar-refractivity contribution in [3.05, 3.63) is 23.4 Å². The summed E-state index contributed by atoms with van der Waals surface area (Å²) >= 11 is 1.63. The Hall–Kier alpha value is -0.580. The van der Waals surface area contributed by atoms with E-state index in [0.717, 1.165) is 18.1 Å². The number of rotatable bonds is 7. The van der Waals surface area contributed by atoms with Gasteiger partial charge in [0.1, 0.15) is 0 Å². The van der Waals surface area contributed by atoms with Crippen LogP contribution in [0.1, 0.15) is 38.8 Å². The Balaban J connectivity index is 2.59. The summed E-state index contributed by atoms with van der Waals surface area (Å²) in [5.74, 6) is 0.663. The van der Waals surface area contributed by atoms with Crippen LogP contribution in [-0.4, -0.2) is 28.0 Å². The van der Waals surface area contributed by atoms with E-state index in [1.807, 2.05) is 20.0 Å². The van der Waals surface area contributed by atoms with E-state index in [1.165, 1.54) is 11.1 Å². The fourth-order valence-corrected chi connectivity index (χ4v) is 2.53. The molecule has 0 aliphatic heterocycles. The first-order valence-electron chi connectivity index (χ1n) is 6.91. The summed E-state index contributed by atoms with van der Waals surface area (Å²) in [4.78, 5) is 4.51. The minimum Gasteiger partial charge on any atom is -0.392 e. The molecular weight excluding hydrogens is 256 g/mol. The number of nitrogens with zero attached hydrogens (tertiary/aromatic N) is 1. The Morgan fingerprint density at radius 3 is 2.53 bits per heavy atom. The molecule has 1 aromatic heterocycles. The molecule has 19 heavy (non-hydrogen) atoms. The molecule has 2 N–H and O–H groups in total. The van der Waals surface area contributed by atoms with Gasteiger partial charge in [0.15, 0.2) is 0 Å². The minimum atomic E-state index is -0.321. The van der Waals surface area contributed by atoms with Gasteiger partial charge < -0.3 is 10.4 Å². The predicted octanol–water partition coefficient (Wildman–Crippen LogP) is 3.00. The second kappa shape index (κ2) is 7.88. The third-order valence-corrected chi connectivity index (χ3v) is 4.36. The number of aryl methyl sites for hydroxylation is 1. The lowest BCUT2D eigenvalue weighted by molar-refractivity contribution is 0.196. The van der Waals surface area contributed by atoms with Gasteiger partial charge in [-0.1, -0.05) is 26.8 Å². The Labute approximate surface area is 121 Å². The molecule has 0 radical (unpaired) electrons. The number of aromatic nitrogens is 1. The van der Waals surface area contributed by atoms with Gasteiger partial charge in [0.05, 0.1) is 11.1 Å². The number of nitrogens with one attached hydrogen (secondary N) is 1. The largest absolute Gasteiger partial charge is 0.392 e. The molecule has 0 aromatic carbocycles. The van der Waals surface area contributed by atoms with Crippen LogP contribution < -0.4 is 5.32 Å².